The number of nitrogens with two attached hydrogens (primary N) is 1. The number of hydrogen-bond donors (Lipinski definition) is 1. The maximum Gasteiger partial charge on any atom is 0.209 e. The lowest BCUT2D eigenvalue weighted by Gasteiger charge is -2.40. The molecule has 3 atom stereocenters. The van der Waals surface area contributed by atoms with Crippen LogP contribution in [0.4, 0.5) is 0 Å². The van der Waals surface area contributed by atoms with E-state index < -0.39 is 0 Å². The Labute approximate surface area is 125 Å². The molecule has 2 saturated carbocycles. The van der Waals surface area contributed by atoms with Gasteiger partial charge >= 0.3 is 0 Å². The van der Waals surface area contributed by atoms with Crippen LogP contribution < -0.4 is 5.73 Å². The lowest BCUT2D eigenvalue weighted by molar-refractivity contribution is 0.174. The van der Waals surface area contributed by atoms with Gasteiger partial charge in [-0.25, -0.2) is 4.68 Å². The molecule has 3 rings (SSSR count). The summed E-state index contributed by atoms with van der Waals surface area (Å²) in [5, 5.41) is 13.6. The summed E-state index contributed by atoms with van der Waals surface area (Å²) in [7, 11) is 0. The van der Waals surface area contributed by atoms with Crippen molar-refractivity contribution in [3.8, 4) is 0 Å². The van der Waals surface area contributed by atoms with Crippen LogP contribution in [0, 0.1) is 11.3 Å². The topological polar surface area (TPSA) is 69.6 Å². The summed E-state index contributed by atoms with van der Waals surface area (Å²) in [4.78, 5) is 0. The Kier molecular flexibility index (Phi) is 3.79. The van der Waals surface area contributed by atoms with E-state index in [1.54, 1.807) is 11.8 Å². The first-order chi connectivity index (χ1) is 9.45. The Morgan fingerprint density at radius 1 is 1.20 bits per heavy atom. The Morgan fingerprint density at radius 2 is 1.95 bits per heavy atom. The fraction of sp³-hybridized carbons (Fsp3) is 0.929. The Balaban J connectivity index is 1.70. The van der Waals surface area contributed by atoms with Gasteiger partial charge in [-0.2, -0.15) is 0 Å². The number of tetrazole rings is 1. The summed E-state index contributed by atoms with van der Waals surface area (Å²) in [5.41, 5.74) is 6.71. The summed E-state index contributed by atoms with van der Waals surface area (Å²) in [6.45, 7) is 7.01. The third-order valence-corrected chi connectivity index (χ3v) is 6.00. The highest BCUT2D eigenvalue weighted by Gasteiger charge is 2.36. The molecule has 0 amide bonds. The molecule has 1 aromatic rings. The van der Waals surface area contributed by atoms with Gasteiger partial charge in [0.25, 0.3) is 0 Å². The van der Waals surface area contributed by atoms with E-state index in [9.17, 15) is 0 Å². The zero-order chi connectivity index (χ0) is 14.3. The van der Waals surface area contributed by atoms with Gasteiger partial charge < -0.3 is 5.73 Å². The van der Waals surface area contributed by atoms with Gasteiger partial charge in [-0.15, -0.1) is 5.10 Å². The number of aromatic nitrogens is 4. The monoisotopic (exact) mass is 295 g/mol. The second-order valence-electron chi connectivity index (χ2n) is 7.33. The Morgan fingerprint density at radius 3 is 2.60 bits per heavy atom. The molecule has 0 aromatic carbocycles. The number of nitrogens with zero attached hydrogens (tertiary/aromatic N) is 4. The normalized spacial score (nSPS) is 31.5. The second-order valence-corrected chi connectivity index (χ2v) is 8.54. The molecule has 0 aliphatic heterocycles. The molecule has 0 radical (unpaired) electrons. The van der Waals surface area contributed by atoms with E-state index in [0.717, 1.165) is 17.5 Å². The van der Waals surface area contributed by atoms with Gasteiger partial charge in [0, 0.05) is 11.3 Å². The fourth-order valence-corrected chi connectivity index (χ4v) is 4.31. The molecule has 5 nitrogen and oxygen atoms in total. The van der Waals surface area contributed by atoms with Crippen molar-refractivity contribution in [2.45, 2.75) is 75.4 Å². The second kappa shape index (κ2) is 5.30. The molecule has 1 heterocycles. The van der Waals surface area contributed by atoms with Crippen LogP contribution in [0.2, 0.25) is 0 Å². The van der Waals surface area contributed by atoms with Gasteiger partial charge in [0.1, 0.15) is 0 Å². The van der Waals surface area contributed by atoms with E-state index in [2.05, 4.69) is 36.3 Å². The van der Waals surface area contributed by atoms with Crippen LogP contribution in [0.1, 0.15) is 58.9 Å². The molecule has 2 fully saturated rings. The van der Waals surface area contributed by atoms with Gasteiger partial charge in [0.05, 0.1) is 6.04 Å². The van der Waals surface area contributed by atoms with E-state index in [-0.39, 0.29) is 6.04 Å². The highest BCUT2D eigenvalue weighted by atomic mass is 32.2. The van der Waals surface area contributed by atoms with E-state index in [0.29, 0.717) is 16.7 Å². The number of rotatable bonds is 3. The van der Waals surface area contributed by atoms with Crippen LogP contribution in [0.15, 0.2) is 5.16 Å². The van der Waals surface area contributed by atoms with Crippen molar-refractivity contribution in [2.75, 3.05) is 0 Å². The Bertz CT molecular complexity index is 462. The summed E-state index contributed by atoms with van der Waals surface area (Å²) in [6.07, 6.45) is 5.95. The van der Waals surface area contributed by atoms with Gasteiger partial charge in [0.15, 0.2) is 0 Å². The minimum Gasteiger partial charge on any atom is -0.327 e. The average Bonchev–Trinajstić information content (AvgIpc) is 3.11. The van der Waals surface area contributed by atoms with E-state index in [4.69, 9.17) is 5.73 Å². The minimum atomic E-state index is 0.267. The van der Waals surface area contributed by atoms with Crippen molar-refractivity contribution >= 4 is 11.8 Å². The molecule has 0 bridgehead atoms. The van der Waals surface area contributed by atoms with Gasteiger partial charge in [-0.1, -0.05) is 32.5 Å². The van der Waals surface area contributed by atoms with Crippen LogP contribution in [0.25, 0.3) is 0 Å². The van der Waals surface area contributed by atoms with Crippen LogP contribution in [-0.2, 0) is 0 Å². The standard InChI is InChI=1S/C14H25N5S/c1-14(2,3)9-4-7-11(15)12(8-9)20-13-16-17-18-19(13)10-5-6-10/h9-12H,4-8,15H2,1-3H3. The van der Waals surface area contributed by atoms with E-state index in [1.807, 2.05) is 4.68 Å². The number of thioether (sulfide) groups is 1. The molecule has 112 valence electrons. The van der Waals surface area contributed by atoms with Gasteiger partial charge in [-0.3, -0.25) is 0 Å². The molecule has 1 aromatic heterocycles. The summed E-state index contributed by atoms with van der Waals surface area (Å²) < 4.78 is 2.00. The first-order valence-corrected chi connectivity index (χ1v) is 8.53. The zero-order valence-corrected chi connectivity index (χ0v) is 13.4. The zero-order valence-electron chi connectivity index (χ0n) is 12.6. The molecule has 2 aliphatic carbocycles. The SMILES string of the molecule is CC(C)(C)C1CCC(N)C(Sc2nnnn2C2CC2)C1. The summed E-state index contributed by atoms with van der Waals surface area (Å²) >= 11 is 1.80. The maximum absolute atomic E-state index is 6.34. The predicted molar refractivity (Wildman–Crippen MR) is 80.5 cm³/mol. The van der Waals surface area contributed by atoms with Crippen molar-refractivity contribution in [3.05, 3.63) is 0 Å². The van der Waals surface area contributed by atoms with Crippen LogP contribution >= 0.6 is 11.8 Å². The third-order valence-electron chi connectivity index (χ3n) is 4.68. The molecular weight excluding hydrogens is 270 g/mol. The first-order valence-electron chi connectivity index (χ1n) is 7.65. The molecule has 0 saturated heterocycles. The summed E-state index contributed by atoms with van der Waals surface area (Å²) in [6, 6.07) is 0.800. The summed E-state index contributed by atoms with van der Waals surface area (Å²) in [5.74, 6) is 0.741. The van der Waals surface area contributed by atoms with E-state index in [1.165, 1.54) is 25.7 Å². The quantitative estimate of drug-likeness (QED) is 0.928. The average molecular weight is 295 g/mol. The third kappa shape index (κ3) is 3.01. The van der Waals surface area contributed by atoms with Crippen LogP contribution in [0.5, 0.6) is 0 Å². The first kappa shape index (κ1) is 14.3. The lowest BCUT2D eigenvalue weighted by atomic mass is 9.71. The lowest BCUT2D eigenvalue weighted by Crippen LogP contribution is -2.41. The minimum absolute atomic E-state index is 0.267. The molecular formula is C14H25N5S. The highest BCUT2D eigenvalue weighted by Crippen LogP contribution is 2.44. The highest BCUT2D eigenvalue weighted by molar-refractivity contribution is 7.99. The van der Waals surface area contributed by atoms with Crippen molar-refractivity contribution in [2.24, 2.45) is 17.1 Å². The van der Waals surface area contributed by atoms with Crippen LogP contribution in [-0.4, -0.2) is 31.5 Å². The maximum atomic E-state index is 6.34. The largest absolute Gasteiger partial charge is 0.327 e. The van der Waals surface area contributed by atoms with Crippen molar-refractivity contribution in [1.29, 1.82) is 0 Å². The predicted octanol–water partition coefficient (Wildman–Crippen LogP) is 2.64. The molecule has 2 N–H and O–H groups in total. The van der Waals surface area contributed by atoms with Crippen LogP contribution in [0.3, 0.4) is 0 Å². The van der Waals surface area contributed by atoms with Gasteiger partial charge in [0.2, 0.25) is 5.16 Å². The molecule has 6 heteroatoms. The van der Waals surface area contributed by atoms with E-state index >= 15 is 0 Å². The molecule has 2 aliphatic rings. The smallest absolute Gasteiger partial charge is 0.209 e. The van der Waals surface area contributed by atoms with Crippen molar-refractivity contribution in [1.82, 2.24) is 20.2 Å². The van der Waals surface area contributed by atoms with Crippen molar-refractivity contribution < 1.29 is 0 Å². The Hall–Kier alpha value is -0.620. The van der Waals surface area contributed by atoms with Gasteiger partial charge in [-0.05, 0) is 53.9 Å². The molecule has 20 heavy (non-hydrogen) atoms. The molecule has 0 spiro atoms. The fourth-order valence-electron chi connectivity index (χ4n) is 3.02. The van der Waals surface area contributed by atoms with Crippen molar-refractivity contribution in [3.63, 3.8) is 0 Å². The molecule has 3 unspecified atom stereocenters. The number of hydrogen-bond acceptors (Lipinski definition) is 5.